The predicted octanol–water partition coefficient (Wildman–Crippen LogP) is 2.81. The molecule has 1 saturated carbocycles. The second kappa shape index (κ2) is 7.14. The van der Waals surface area contributed by atoms with Gasteiger partial charge in [-0.1, -0.05) is 26.7 Å². The zero-order valence-corrected chi connectivity index (χ0v) is 14.8. The summed E-state index contributed by atoms with van der Waals surface area (Å²) in [5.74, 6) is 5.15. The Balaban J connectivity index is 1.70. The first-order valence-electron chi connectivity index (χ1n) is 8.42. The maximum atomic E-state index is 12.8. The summed E-state index contributed by atoms with van der Waals surface area (Å²) in [6, 6.07) is 0.0387. The molecule has 3 unspecified atom stereocenters. The molecule has 3 atom stereocenters. The van der Waals surface area contributed by atoms with Gasteiger partial charge in [0, 0.05) is 29.1 Å². The fourth-order valence-corrected chi connectivity index (χ4v) is 6.53. The monoisotopic (exact) mass is 328 g/mol. The van der Waals surface area contributed by atoms with Gasteiger partial charge in [0.2, 0.25) is 5.91 Å². The van der Waals surface area contributed by atoms with Gasteiger partial charge < -0.3 is 4.90 Å². The topological polar surface area (TPSA) is 32.3 Å². The molecule has 5 heteroatoms. The molecule has 0 aromatic heterocycles. The fourth-order valence-electron chi connectivity index (χ4n) is 3.87. The van der Waals surface area contributed by atoms with Crippen LogP contribution in [-0.4, -0.2) is 52.1 Å². The highest BCUT2D eigenvalue weighted by molar-refractivity contribution is 8.06. The average molecular weight is 329 g/mol. The first-order chi connectivity index (χ1) is 10.2. The van der Waals surface area contributed by atoms with Crippen molar-refractivity contribution in [3.8, 4) is 0 Å². The molecule has 3 nitrogen and oxygen atoms in total. The maximum absolute atomic E-state index is 12.8. The highest BCUT2D eigenvalue weighted by atomic mass is 32.2. The Morgan fingerprint density at radius 1 is 1.29 bits per heavy atom. The molecule has 3 aliphatic rings. The highest BCUT2D eigenvalue weighted by Gasteiger charge is 2.44. The normalized spacial score (nSPS) is 35.1. The Kier molecular flexibility index (Phi) is 5.44. The van der Waals surface area contributed by atoms with E-state index >= 15 is 0 Å². The van der Waals surface area contributed by atoms with Crippen LogP contribution in [0.4, 0.5) is 0 Å². The lowest BCUT2D eigenvalue weighted by atomic mass is 10.0. The van der Waals surface area contributed by atoms with Gasteiger partial charge in [0.15, 0.2) is 0 Å². The van der Waals surface area contributed by atoms with Crippen LogP contribution >= 0.6 is 23.5 Å². The van der Waals surface area contributed by atoms with Crippen LogP contribution in [0.15, 0.2) is 0 Å². The molecule has 3 fully saturated rings. The molecule has 0 bridgehead atoms. The summed E-state index contributed by atoms with van der Waals surface area (Å²) in [7, 11) is 0. The fraction of sp³-hybridized carbons (Fsp3) is 0.938. The van der Waals surface area contributed by atoms with Crippen molar-refractivity contribution in [3.05, 3.63) is 0 Å². The first-order valence-corrected chi connectivity index (χ1v) is 10.6. The van der Waals surface area contributed by atoms with Crippen molar-refractivity contribution in [2.75, 3.05) is 23.8 Å². The molecular weight excluding hydrogens is 300 g/mol. The van der Waals surface area contributed by atoms with Crippen molar-refractivity contribution >= 4 is 29.4 Å². The van der Waals surface area contributed by atoms with Gasteiger partial charge >= 0.3 is 0 Å². The molecule has 2 saturated heterocycles. The van der Waals surface area contributed by atoms with Gasteiger partial charge in [0.25, 0.3) is 0 Å². The number of nitrogens with zero attached hydrogens (tertiary/aromatic N) is 1. The molecule has 2 heterocycles. The van der Waals surface area contributed by atoms with E-state index in [1.54, 1.807) is 0 Å². The van der Waals surface area contributed by atoms with Gasteiger partial charge in [-0.15, -0.1) is 0 Å². The third kappa shape index (κ3) is 3.56. The smallest absolute Gasteiger partial charge is 0.241 e. The van der Waals surface area contributed by atoms with Crippen LogP contribution in [0.3, 0.4) is 0 Å². The van der Waals surface area contributed by atoms with E-state index in [2.05, 4.69) is 35.8 Å². The Morgan fingerprint density at radius 2 is 2.05 bits per heavy atom. The van der Waals surface area contributed by atoms with E-state index < -0.39 is 0 Å². The van der Waals surface area contributed by atoms with Crippen LogP contribution in [0.2, 0.25) is 0 Å². The summed E-state index contributed by atoms with van der Waals surface area (Å²) >= 11 is 4.11. The largest absolute Gasteiger partial charge is 0.324 e. The van der Waals surface area contributed by atoms with Gasteiger partial charge in [0.05, 0.1) is 12.2 Å². The minimum Gasteiger partial charge on any atom is -0.324 e. The van der Waals surface area contributed by atoms with Crippen LogP contribution in [0.5, 0.6) is 0 Å². The Labute approximate surface area is 137 Å². The summed E-state index contributed by atoms with van der Waals surface area (Å²) in [5, 5.41) is 4.31. The minimum absolute atomic E-state index is 0.0387. The SMILES string of the molecule is CC(C)C1NC(C2CCCC2)N(CC2CSCCS2)C1=O. The van der Waals surface area contributed by atoms with Crippen molar-refractivity contribution in [2.45, 2.75) is 57.0 Å². The highest BCUT2D eigenvalue weighted by Crippen LogP contribution is 2.34. The summed E-state index contributed by atoms with van der Waals surface area (Å²) in [6.45, 7) is 5.28. The van der Waals surface area contributed by atoms with E-state index in [0.29, 0.717) is 29.2 Å². The number of carbonyl (C=O) groups excluding carboxylic acids is 1. The molecule has 3 rings (SSSR count). The van der Waals surface area contributed by atoms with Crippen LogP contribution in [-0.2, 0) is 4.79 Å². The summed E-state index contributed by atoms with van der Waals surface area (Å²) < 4.78 is 0. The number of carbonyl (C=O) groups is 1. The lowest BCUT2D eigenvalue weighted by molar-refractivity contribution is -0.131. The van der Waals surface area contributed by atoms with Gasteiger partial charge in [-0.2, -0.15) is 23.5 Å². The van der Waals surface area contributed by atoms with Gasteiger partial charge in [-0.3, -0.25) is 10.1 Å². The molecular formula is C16H28N2OS2. The molecule has 120 valence electrons. The van der Waals surface area contributed by atoms with Crippen LogP contribution < -0.4 is 5.32 Å². The molecule has 1 amide bonds. The third-order valence-electron chi connectivity index (χ3n) is 5.03. The molecule has 1 aliphatic carbocycles. The zero-order valence-electron chi connectivity index (χ0n) is 13.2. The van der Waals surface area contributed by atoms with Gasteiger partial charge in [-0.25, -0.2) is 0 Å². The molecule has 21 heavy (non-hydrogen) atoms. The van der Waals surface area contributed by atoms with Gasteiger partial charge in [0.1, 0.15) is 0 Å². The Morgan fingerprint density at radius 3 is 2.67 bits per heavy atom. The van der Waals surface area contributed by atoms with Crippen molar-refractivity contribution in [3.63, 3.8) is 0 Å². The lowest BCUT2D eigenvalue weighted by Gasteiger charge is -2.33. The molecule has 0 radical (unpaired) electrons. The number of amides is 1. The lowest BCUT2D eigenvalue weighted by Crippen LogP contribution is -2.46. The van der Waals surface area contributed by atoms with E-state index in [1.165, 1.54) is 42.9 Å². The standard InChI is InChI=1S/C16H28N2OS2/c1-11(2)14-16(19)18(9-13-10-20-7-8-21-13)15(17-14)12-5-3-4-6-12/h11-15,17H,3-10H2,1-2H3. The van der Waals surface area contributed by atoms with E-state index in [1.807, 2.05) is 11.8 Å². The number of thioether (sulfide) groups is 2. The molecule has 0 aromatic rings. The molecule has 0 spiro atoms. The number of hydrogen-bond donors (Lipinski definition) is 1. The molecule has 0 aromatic carbocycles. The van der Waals surface area contributed by atoms with Crippen molar-refractivity contribution < 1.29 is 4.79 Å². The van der Waals surface area contributed by atoms with E-state index in [9.17, 15) is 4.79 Å². The molecule has 1 N–H and O–H groups in total. The number of rotatable bonds is 4. The predicted molar refractivity (Wildman–Crippen MR) is 92.8 cm³/mol. The Hall–Kier alpha value is 0.130. The maximum Gasteiger partial charge on any atom is 0.241 e. The minimum atomic E-state index is 0.0387. The first kappa shape index (κ1) is 16.0. The quantitative estimate of drug-likeness (QED) is 0.860. The number of nitrogens with one attached hydrogen (secondary N) is 1. The van der Waals surface area contributed by atoms with Crippen molar-refractivity contribution in [1.29, 1.82) is 0 Å². The van der Waals surface area contributed by atoms with Gasteiger partial charge in [-0.05, 0) is 24.7 Å². The average Bonchev–Trinajstić information content (AvgIpc) is 3.09. The summed E-state index contributed by atoms with van der Waals surface area (Å²) in [6.07, 6.45) is 5.56. The van der Waals surface area contributed by atoms with Crippen molar-refractivity contribution in [1.82, 2.24) is 10.2 Å². The van der Waals surface area contributed by atoms with E-state index in [-0.39, 0.29) is 6.04 Å². The van der Waals surface area contributed by atoms with E-state index in [4.69, 9.17) is 0 Å². The van der Waals surface area contributed by atoms with E-state index in [0.717, 1.165) is 6.54 Å². The summed E-state index contributed by atoms with van der Waals surface area (Å²) in [5.41, 5.74) is 0. The van der Waals surface area contributed by atoms with Crippen LogP contribution in [0.1, 0.15) is 39.5 Å². The Bertz CT molecular complexity index is 365. The van der Waals surface area contributed by atoms with Crippen molar-refractivity contribution in [2.24, 2.45) is 11.8 Å². The third-order valence-corrected chi connectivity index (χ3v) is 7.86. The summed E-state index contributed by atoms with van der Waals surface area (Å²) in [4.78, 5) is 15.0. The second-order valence-corrected chi connectivity index (χ2v) is 9.49. The van der Waals surface area contributed by atoms with Crippen LogP contribution in [0.25, 0.3) is 0 Å². The zero-order chi connectivity index (χ0) is 14.8. The number of hydrogen-bond acceptors (Lipinski definition) is 4. The molecule has 2 aliphatic heterocycles. The second-order valence-electron chi connectivity index (χ2n) is 6.94. The van der Waals surface area contributed by atoms with Crippen LogP contribution in [0, 0.1) is 11.8 Å².